The Balaban J connectivity index is 2.04. The van der Waals surface area contributed by atoms with Crippen molar-refractivity contribution >= 4 is 11.8 Å². The molecule has 6 heteroatoms. The monoisotopic (exact) mass is 232 g/mol. The van der Waals surface area contributed by atoms with Crippen molar-refractivity contribution < 1.29 is 0 Å². The average molecular weight is 232 g/mol. The van der Waals surface area contributed by atoms with Crippen LogP contribution < -0.4 is 10.2 Å². The van der Waals surface area contributed by atoms with E-state index in [9.17, 15) is 0 Å². The van der Waals surface area contributed by atoms with Gasteiger partial charge in [0.15, 0.2) is 0 Å². The van der Waals surface area contributed by atoms with E-state index in [0.717, 1.165) is 11.6 Å². The molecule has 6 nitrogen and oxygen atoms in total. The Morgan fingerprint density at radius 2 is 2.12 bits per heavy atom. The molecule has 0 unspecified atom stereocenters. The van der Waals surface area contributed by atoms with Gasteiger partial charge in [-0.2, -0.15) is 4.98 Å². The molecule has 2 rings (SSSR count). The second-order valence-electron chi connectivity index (χ2n) is 3.94. The number of nitrogens with one attached hydrogen (secondary N) is 1. The molecule has 0 saturated carbocycles. The second kappa shape index (κ2) is 4.82. The SMILES string of the molecule is CN(C)c1nccc(NCc2nccn2C)n1. The van der Waals surface area contributed by atoms with Gasteiger partial charge in [0.05, 0.1) is 6.54 Å². The number of aryl methyl sites for hydroxylation is 1. The Hall–Kier alpha value is -2.11. The van der Waals surface area contributed by atoms with Crippen LogP contribution in [0.3, 0.4) is 0 Å². The number of aromatic nitrogens is 4. The Morgan fingerprint density at radius 3 is 2.76 bits per heavy atom. The maximum absolute atomic E-state index is 4.37. The van der Waals surface area contributed by atoms with Crippen LogP contribution in [0, 0.1) is 0 Å². The van der Waals surface area contributed by atoms with Gasteiger partial charge in [0.1, 0.15) is 11.6 Å². The molecule has 0 aromatic carbocycles. The summed E-state index contributed by atoms with van der Waals surface area (Å²) in [6, 6.07) is 1.84. The normalized spacial score (nSPS) is 10.3. The summed E-state index contributed by atoms with van der Waals surface area (Å²) in [5.74, 6) is 2.46. The maximum atomic E-state index is 4.37. The van der Waals surface area contributed by atoms with E-state index in [0.29, 0.717) is 12.5 Å². The summed E-state index contributed by atoms with van der Waals surface area (Å²) < 4.78 is 1.97. The lowest BCUT2D eigenvalue weighted by Gasteiger charge is -2.11. The van der Waals surface area contributed by atoms with Crippen LogP contribution in [0.4, 0.5) is 11.8 Å². The highest BCUT2D eigenvalue weighted by molar-refractivity contribution is 5.40. The van der Waals surface area contributed by atoms with Gasteiger partial charge in [-0.15, -0.1) is 0 Å². The highest BCUT2D eigenvalue weighted by Crippen LogP contribution is 2.08. The zero-order chi connectivity index (χ0) is 12.3. The van der Waals surface area contributed by atoms with Gasteiger partial charge in [0, 0.05) is 39.7 Å². The lowest BCUT2D eigenvalue weighted by Crippen LogP contribution is -2.14. The molecule has 0 aliphatic rings. The van der Waals surface area contributed by atoms with Gasteiger partial charge >= 0.3 is 0 Å². The minimum absolute atomic E-state index is 0.646. The molecule has 0 bridgehead atoms. The van der Waals surface area contributed by atoms with Crippen LogP contribution in [0.2, 0.25) is 0 Å². The number of anilines is 2. The topological polar surface area (TPSA) is 58.9 Å². The van der Waals surface area contributed by atoms with Gasteiger partial charge in [-0.3, -0.25) is 0 Å². The Kier molecular flexibility index (Phi) is 3.22. The average Bonchev–Trinajstić information content (AvgIpc) is 2.72. The van der Waals surface area contributed by atoms with Crippen molar-refractivity contribution in [2.24, 2.45) is 7.05 Å². The molecule has 1 N–H and O–H groups in total. The third kappa shape index (κ3) is 2.72. The zero-order valence-corrected chi connectivity index (χ0v) is 10.3. The summed E-state index contributed by atoms with van der Waals surface area (Å²) in [7, 11) is 5.80. The Bertz CT molecular complexity index is 490. The zero-order valence-electron chi connectivity index (χ0n) is 10.3. The van der Waals surface area contributed by atoms with Gasteiger partial charge < -0.3 is 14.8 Å². The fourth-order valence-electron chi connectivity index (χ4n) is 1.40. The Labute approximate surface area is 100 Å². The predicted octanol–water partition coefficient (Wildman–Crippen LogP) is 0.888. The van der Waals surface area contributed by atoms with Crippen LogP contribution >= 0.6 is 0 Å². The van der Waals surface area contributed by atoms with Gasteiger partial charge in [0.25, 0.3) is 0 Å². The third-order valence-electron chi connectivity index (χ3n) is 2.39. The molecule has 0 saturated heterocycles. The van der Waals surface area contributed by atoms with E-state index in [1.54, 1.807) is 12.4 Å². The Morgan fingerprint density at radius 1 is 1.29 bits per heavy atom. The van der Waals surface area contributed by atoms with E-state index in [-0.39, 0.29) is 0 Å². The lowest BCUT2D eigenvalue weighted by molar-refractivity contribution is 0.810. The molecule has 0 aliphatic carbocycles. The van der Waals surface area contributed by atoms with Gasteiger partial charge in [-0.1, -0.05) is 0 Å². The molecular weight excluding hydrogens is 216 g/mol. The van der Waals surface area contributed by atoms with Crippen LogP contribution in [-0.4, -0.2) is 33.6 Å². The number of hydrogen-bond acceptors (Lipinski definition) is 5. The van der Waals surface area contributed by atoms with Gasteiger partial charge in [-0.25, -0.2) is 9.97 Å². The standard InChI is InChI=1S/C11H16N6/c1-16(2)11-13-5-4-9(15-11)14-8-10-12-6-7-17(10)3/h4-7H,8H2,1-3H3,(H,13,14,15). The van der Waals surface area contributed by atoms with E-state index >= 15 is 0 Å². The maximum Gasteiger partial charge on any atom is 0.226 e. The smallest absolute Gasteiger partial charge is 0.226 e. The first-order valence-corrected chi connectivity index (χ1v) is 5.37. The third-order valence-corrected chi connectivity index (χ3v) is 2.39. The largest absolute Gasteiger partial charge is 0.363 e. The summed E-state index contributed by atoms with van der Waals surface area (Å²) in [4.78, 5) is 14.6. The first-order chi connectivity index (χ1) is 8.16. The van der Waals surface area contributed by atoms with Crippen molar-refractivity contribution in [2.75, 3.05) is 24.3 Å². The van der Waals surface area contributed by atoms with E-state index < -0.39 is 0 Å². The summed E-state index contributed by atoms with van der Waals surface area (Å²) in [6.07, 6.45) is 5.44. The van der Waals surface area contributed by atoms with Crippen molar-refractivity contribution in [1.29, 1.82) is 0 Å². The summed E-state index contributed by atoms with van der Waals surface area (Å²) in [5.41, 5.74) is 0. The lowest BCUT2D eigenvalue weighted by atomic mass is 10.5. The number of nitrogens with zero attached hydrogens (tertiary/aromatic N) is 5. The van der Waals surface area contributed by atoms with Crippen molar-refractivity contribution in [3.63, 3.8) is 0 Å². The predicted molar refractivity (Wildman–Crippen MR) is 66.9 cm³/mol. The molecule has 90 valence electrons. The van der Waals surface area contributed by atoms with Gasteiger partial charge in [0.2, 0.25) is 5.95 Å². The van der Waals surface area contributed by atoms with E-state index in [1.165, 1.54) is 0 Å². The first kappa shape index (κ1) is 11.4. The molecule has 2 heterocycles. The summed E-state index contributed by atoms with van der Waals surface area (Å²) >= 11 is 0. The van der Waals surface area contributed by atoms with E-state index in [2.05, 4.69) is 20.3 Å². The van der Waals surface area contributed by atoms with Crippen LogP contribution in [0.1, 0.15) is 5.82 Å². The first-order valence-electron chi connectivity index (χ1n) is 5.37. The fraction of sp³-hybridized carbons (Fsp3) is 0.364. The van der Waals surface area contributed by atoms with Crippen LogP contribution in [0.5, 0.6) is 0 Å². The van der Waals surface area contributed by atoms with Crippen molar-refractivity contribution in [3.8, 4) is 0 Å². The summed E-state index contributed by atoms with van der Waals surface area (Å²) in [5, 5.41) is 3.22. The molecule has 2 aromatic rings. The van der Waals surface area contributed by atoms with Crippen LogP contribution in [0.15, 0.2) is 24.7 Å². The molecule has 0 aliphatic heterocycles. The highest BCUT2D eigenvalue weighted by Gasteiger charge is 2.02. The van der Waals surface area contributed by atoms with E-state index in [1.807, 2.05) is 42.9 Å². The van der Waals surface area contributed by atoms with Crippen molar-refractivity contribution in [1.82, 2.24) is 19.5 Å². The molecule has 0 spiro atoms. The van der Waals surface area contributed by atoms with Gasteiger partial charge in [-0.05, 0) is 6.07 Å². The number of hydrogen-bond donors (Lipinski definition) is 1. The van der Waals surface area contributed by atoms with Crippen molar-refractivity contribution in [3.05, 3.63) is 30.5 Å². The minimum Gasteiger partial charge on any atom is -0.363 e. The molecule has 0 fully saturated rings. The summed E-state index contributed by atoms with van der Waals surface area (Å²) in [6.45, 7) is 0.646. The van der Waals surface area contributed by atoms with E-state index in [4.69, 9.17) is 0 Å². The molecule has 0 amide bonds. The number of rotatable bonds is 4. The molecule has 2 aromatic heterocycles. The molecular formula is C11H16N6. The highest BCUT2D eigenvalue weighted by atomic mass is 15.2. The second-order valence-corrected chi connectivity index (χ2v) is 3.94. The van der Waals surface area contributed by atoms with Crippen molar-refractivity contribution in [2.45, 2.75) is 6.54 Å². The fourth-order valence-corrected chi connectivity index (χ4v) is 1.40. The number of imidazole rings is 1. The molecule has 17 heavy (non-hydrogen) atoms. The van der Waals surface area contributed by atoms with Crippen LogP contribution in [0.25, 0.3) is 0 Å². The minimum atomic E-state index is 0.646. The molecule has 0 radical (unpaired) electrons. The quantitative estimate of drug-likeness (QED) is 0.848. The van der Waals surface area contributed by atoms with Crippen LogP contribution in [-0.2, 0) is 13.6 Å². The molecule has 0 atom stereocenters.